The maximum absolute atomic E-state index is 13.6. The lowest BCUT2D eigenvalue weighted by Crippen LogP contribution is -2.37. The Balaban J connectivity index is 1.53. The summed E-state index contributed by atoms with van der Waals surface area (Å²) in [5.41, 5.74) is 2.21. The van der Waals surface area contributed by atoms with Crippen LogP contribution in [-0.4, -0.2) is 24.5 Å². The average Bonchev–Trinajstić information content (AvgIpc) is 3.32. The standard InChI is InChI=1S/C25H21BrN2O4/c1-2-31-20-14-12-18(13-15-20)27-24(29)21-22(16-8-10-17(26)11-9-16)28(32-23(21)25(27)30)19-6-4-3-5-7-19/h3-15,21-23H,2H2,1H3/t21-,22+,23-/m0/s1. The van der Waals surface area contributed by atoms with Crippen LogP contribution in [0.5, 0.6) is 5.75 Å². The molecule has 6 nitrogen and oxygen atoms in total. The highest BCUT2D eigenvalue weighted by atomic mass is 79.9. The molecule has 0 bridgehead atoms. The summed E-state index contributed by atoms with van der Waals surface area (Å²) in [4.78, 5) is 34.3. The molecule has 0 N–H and O–H groups in total. The Hall–Kier alpha value is -3.16. The van der Waals surface area contributed by atoms with Crippen LogP contribution in [-0.2, 0) is 14.4 Å². The second-order valence-corrected chi connectivity index (χ2v) is 8.56. The molecule has 2 heterocycles. The number of hydroxylamine groups is 1. The molecule has 0 aliphatic carbocycles. The van der Waals surface area contributed by atoms with Gasteiger partial charge in [0, 0.05) is 4.47 Å². The molecular formula is C25H21BrN2O4. The molecule has 3 aromatic rings. The van der Waals surface area contributed by atoms with Crippen molar-refractivity contribution in [2.24, 2.45) is 5.92 Å². The second-order valence-electron chi connectivity index (χ2n) is 7.65. The molecule has 2 aliphatic heterocycles. The lowest BCUT2D eigenvalue weighted by molar-refractivity contribution is -0.126. The number of carbonyl (C=O) groups excluding carboxylic acids is 2. The molecule has 32 heavy (non-hydrogen) atoms. The Morgan fingerprint density at radius 3 is 2.22 bits per heavy atom. The highest BCUT2D eigenvalue weighted by Gasteiger charge is 2.60. The summed E-state index contributed by atoms with van der Waals surface area (Å²) in [6.07, 6.45) is -0.886. The van der Waals surface area contributed by atoms with Crippen molar-refractivity contribution in [1.82, 2.24) is 0 Å². The molecule has 2 saturated heterocycles. The van der Waals surface area contributed by atoms with E-state index in [1.54, 1.807) is 29.3 Å². The van der Waals surface area contributed by atoms with Crippen LogP contribution in [0.25, 0.3) is 0 Å². The van der Waals surface area contributed by atoms with Crippen LogP contribution in [0.15, 0.2) is 83.3 Å². The van der Waals surface area contributed by atoms with Crippen LogP contribution >= 0.6 is 15.9 Å². The van der Waals surface area contributed by atoms with Crippen LogP contribution in [0.4, 0.5) is 11.4 Å². The normalized spacial score (nSPS) is 22.4. The van der Waals surface area contributed by atoms with Crippen molar-refractivity contribution in [3.63, 3.8) is 0 Å². The van der Waals surface area contributed by atoms with Crippen molar-refractivity contribution in [3.8, 4) is 5.75 Å². The number of hydrogen-bond acceptors (Lipinski definition) is 5. The molecule has 3 aromatic carbocycles. The van der Waals surface area contributed by atoms with Gasteiger partial charge in [-0.2, -0.15) is 0 Å². The van der Waals surface area contributed by atoms with E-state index in [0.717, 1.165) is 15.7 Å². The summed E-state index contributed by atoms with van der Waals surface area (Å²) in [5.74, 6) is -0.592. The number of ether oxygens (including phenoxy) is 1. The molecule has 0 aromatic heterocycles. The molecule has 162 valence electrons. The molecule has 7 heteroatoms. The minimum absolute atomic E-state index is 0.268. The number of anilines is 2. The SMILES string of the molecule is CCOc1ccc(N2C(=O)[C@@H]3[C@H](ON(c4ccccc4)[C@@H]3c3ccc(Br)cc3)C2=O)cc1. The van der Waals surface area contributed by atoms with Crippen molar-refractivity contribution >= 4 is 39.1 Å². The Morgan fingerprint density at radius 2 is 1.56 bits per heavy atom. The maximum atomic E-state index is 13.6. The quantitative estimate of drug-likeness (QED) is 0.474. The van der Waals surface area contributed by atoms with Gasteiger partial charge in [-0.15, -0.1) is 0 Å². The van der Waals surface area contributed by atoms with Gasteiger partial charge < -0.3 is 4.74 Å². The minimum atomic E-state index is -0.886. The summed E-state index contributed by atoms with van der Waals surface area (Å²) in [5, 5.41) is 1.70. The number of rotatable bonds is 5. The first-order chi connectivity index (χ1) is 15.6. The van der Waals surface area contributed by atoms with E-state index in [2.05, 4.69) is 15.9 Å². The number of benzene rings is 3. The third kappa shape index (κ3) is 3.47. The molecule has 2 fully saturated rings. The number of halogens is 1. The van der Waals surface area contributed by atoms with Crippen LogP contribution < -0.4 is 14.7 Å². The van der Waals surface area contributed by atoms with Gasteiger partial charge in [0.05, 0.1) is 24.0 Å². The molecule has 0 saturated carbocycles. The summed E-state index contributed by atoms with van der Waals surface area (Å²) in [7, 11) is 0. The zero-order valence-electron chi connectivity index (χ0n) is 17.4. The molecule has 0 radical (unpaired) electrons. The van der Waals surface area contributed by atoms with E-state index in [1.807, 2.05) is 61.5 Å². The summed E-state index contributed by atoms with van der Waals surface area (Å²) < 4.78 is 6.41. The highest BCUT2D eigenvalue weighted by Crippen LogP contribution is 2.47. The summed E-state index contributed by atoms with van der Waals surface area (Å²) in [6, 6.07) is 23.8. The summed E-state index contributed by atoms with van der Waals surface area (Å²) in [6.45, 7) is 2.45. The Labute approximate surface area is 194 Å². The second kappa shape index (κ2) is 8.41. The van der Waals surface area contributed by atoms with E-state index in [9.17, 15) is 9.59 Å². The van der Waals surface area contributed by atoms with E-state index < -0.39 is 18.1 Å². The zero-order valence-corrected chi connectivity index (χ0v) is 18.9. The fourth-order valence-corrected chi connectivity index (χ4v) is 4.59. The number of hydrogen-bond donors (Lipinski definition) is 0. The molecule has 2 amide bonds. The number of carbonyl (C=O) groups is 2. The van der Waals surface area contributed by atoms with Gasteiger partial charge in [-0.25, -0.2) is 9.96 Å². The Bertz CT molecular complexity index is 1130. The summed E-state index contributed by atoms with van der Waals surface area (Å²) >= 11 is 3.46. The van der Waals surface area contributed by atoms with Crippen LogP contribution in [0, 0.1) is 5.92 Å². The van der Waals surface area contributed by atoms with Crippen molar-refractivity contribution in [2.45, 2.75) is 19.1 Å². The van der Waals surface area contributed by atoms with Crippen molar-refractivity contribution < 1.29 is 19.2 Å². The van der Waals surface area contributed by atoms with Crippen LogP contribution in [0.1, 0.15) is 18.5 Å². The number of fused-ring (bicyclic) bond motifs is 1. The van der Waals surface area contributed by atoms with Gasteiger partial charge in [-0.3, -0.25) is 14.4 Å². The van der Waals surface area contributed by atoms with Crippen LogP contribution in [0.2, 0.25) is 0 Å². The average molecular weight is 493 g/mol. The fraction of sp³-hybridized carbons (Fsp3) is 0.200. The Morgan fingerprint density at radius 1 is 0.875 bits per heavy atom. The van der Waals surface area contributed by atoms with Crippen molar-refractivity contribution in [2.75, 3.05) is 16.6 Å². The Kier molecular flexibility index (Phi) is 5.45. The van der Waals surface area contributed by atoms with Gasteiger partial charge in [0.2, 0.25) is 5.91 Å². The molecule has 2 aliphatic rings. The first-order valence-electron chi connectivity index (χ1n) is 10.5. The number of amides is 2. The van der Waals surface area contributed by atoms with Crippen molar-refractivity contribution in [3.05, 3.63) is 88.9 Å². The van der Waals surface area contributed by atoms with Gasteiger partial charge in [0.1, 0.15) is 11.7 Å². The fourth-order valence-electron chi connectivity index (χ4n) is 4.32. The molecular weight excluding hydrogens is 472 g/mol. The lowest BCUT2D eigenvalue weighted by atomic mass is 9.90. The van der Waals surface area contributed by atoms with E-state index in [4.69, 9.17) is 9.57 Å². The van der Waals surface area contributed by atoms with E-state index in [0.29, 0.717) is 18.0 Å². The first kappa shape index (κ1) is 20.7. The van der Waals surface area contributed by atoms with Gasteiger partial charge in [-0.05, 0) is 61.0 Å². The highest BCUT2D eigenvalue weighted by molar-refractivity contribution is 9.10. The molecule has 0 unspecified atom stereocenters. The van der Waals surface area contributed by atoms with Gasteiger partial charge >= 0.3 is 0 Å². The van der Waals surface area contributed by atoms with Crippen molar-refractivity contribution in [1.29, 1.82) is 0 Å². The monoisotopic (exact) mass is 492 g/mol. The molecule has 5 rings (SSSR count). The number of imide groups is 1. The predicted octanol–water partition coefficient (Wildman–Crippen LogP) is 4.90. The lowest BCUT2D eigenvalue weighted by Gasteiger charge is -2.28. The molecule has 3 atom stereocenters. The zero-order chi connectivity index (χ0) is 22.2. The topological polar surface area (TPSA) is 59.1 Å². The van der Waals surface area contributed by atoms with Gasteiger partial charge in [-0.1, -0.05) is 46.3 Å². The van der Waals surface area contributed by atoms with E-state index in [1.165, 1.54) is 4.90 Å². The van der Waals surface area contributed by atoms with Crippen LogP contribution in [0.3, 0.4) is 0 Å². The maximum Gasteiger partial charge on any atom is 0.266 e. The third-order valence-electron chi connectivity index (χ3n) is 5.74. The molecule has 0 spiro atoms. The third-order valence-corrected chi connectivity index (χ3v) is 6.27. The van der Waals surface area contributed by atoms with Gasteiger partial charge in [0.15, 0.2) is 6.10 Å². The number of para-hydroxylation sites is 1. The van der Waals surface area contributed by atoms with E-state index in [-0.39, 0.29) is 11.8 Å². The smallest absolute Gasteiger partial charge is 0.266 e. The van der Waals surface area contributed by atoms with Gasteiger partial charge in [0.25, 0.3) is 5.91 Å². The minimum Gasteiger partial charge on any atom is -0.494 e. The largest absolute Gasteiger partial charge is 0.494 e. The number of nitrogens with zero attached hydrogens (tertiary/aromatic N) is 2. The first-order valence-corrected chi connectivity index (χ1v) is 11.2. The van der Waals surface area contributed by atoms with E-state index >= 15 is 0 Å². The predicted molar refractivity (Wildman–Crippen MR) is 124 cm³/mol.